The Balaban J connectivity index is 2.03. The Morgan fingerprint density at radius 2 is 1.85 bits per heavy atom. The van der Waals surface area contributed by atoms with Crippen molar-refractivity contribution >= 4 is 11.0 Å². The smallest absolute Gasteiger partial charge is 0.145 e. The maximum atomic E-state index is 10.1. The highest BCUT2D eigenvalue weighted by atomic mass is 16.3. The number of phenols is 2. The summed E-state index contributed by atoms with van der Waals surface area (Å²) in [6.45, 7) is 0. The third-order valence-electron chi connectivity index (χ3n) is 3.73. The molecule has 0 bridgehead atoms. The molecule has 4 rings (SSSR count). The number of para-hydroxylation sites is 2. The number of hydrogen-bond donors (Lipinski definition) is 2. The van der Waals surface area contributed by atoms with Gasteiger partial charge in [-0.3, -0.25) is 0 Å². The Morgan fingerprint density at radius 3 is 2.65 bits per heavy atom. The Hall–Kier alpha value is -2.49. The standard InChI is InChI=1S/C16H14N2O2/c19-11-7-8-15(20)12(9-11)16-17-13-3-1-2-4-14(13)18(16)10-5-6-10/h1-4,7-10,19-20H,5-6H2. The first kappa shape index (κ1) is 11.3. The molecule has 0 amide bonds. The molecule has 100 valence electrons. The van der Waals surface area contributed by atoms with Crippen molar-refractivity contribution in [3.05, 3.63) is 42.5 Å². The summed E-state index contributed by atoms with van der Waals surface area (Å²) in [5.74, 6) is 0.995. The fourth-order valence-corrected chi connectivity index (χ4v) is 2.64. The van der Waals surface area contributed by atoms with Gasteiger partial charge in [-0.1, -0.05) is 12.1 Å². The Labute approximate surface area is 115 Å². The van der Waals surface area contributed by atoms with Gasteiger partial charge in [-0.25, -0.2) is 4.98 Å². The second-order valence-corrected chi connectivity index (χ2v) is 5.23. The van der Waals surface area contributed by atoms with Crippen LogP contribution < -0.4 is 0 Å². The lowest BCUT2D eigenvalue weighted by atomic mass is 10.1. The maximum Gasteiger partial charge on any atom is 0.145 e. The third kappa shape index (κ3) is 1.65. The zero-order valence-corrected chi connectivity index (χ0v) is 10.8. The molecule has 1 aromatic heterocycles. The van der Waals surface area contributed by atoms with Gasteiger partial charge in [-0.15, -0.1) is 0 Å². The van der Waals surface area contributed by atoms with Gasteiger partial charge < -0.3 is 14.8 Å². The molecule has 4 nitrogen and oxygen atoms in total. The van der Waals surface area contributed by atoms with E-state index in [0.717, 1.165) is 29.7 Å². The lowest BCUT2D eigenvalue weighted by molar-refractivity contribution is 0.461. The molecular formula is C16H14N2O2. The summed E-state index contributed by atoms with van der Waals surface area (Å²) in [6, 6.07) is 13.0. The normalized spacial score (nSPS) is 14.8. The van der Waals surface area contributed by atoms with Crippen LogP contribution in [0, 0.1) is 0 Å². The number of aromatic hydroxyl groups is 2. The van der Waals surface area contributed by atoms with E-state index in [1.807, 2.05) is 24.3 Å². The van der Waals surface area contributed by atoms with E-state index in [0.29, 0.717) is 11.6 Å². The van der Waals surface area contributed by atoms with Crippen LogP contribution in [0.3, 0.4) is 0 Å². The zero-order chi connectivity index (χ0) is 13.7. The van der Waals surface area contributed by atoms with E-state index in [9.17, 15) is 10.2 Å². The first-order chi connectivity index (χ1) is 9.74. The van der Waals surface area contributed by atoms with Crippen LogP contribution in [0.4, 0.5) is 0 Å². The topological polar surface area (TPSA) is 58.3 Å². The highest BCUT2D eigenvalue weighted by Gasteiger charge is 2.29. The third-order valence-corrected chi connectivity index (χ3v) is 3.73. The van der Waals surface area contributed by atoms with Crippen LogP contribution in [0.5, 0.6) is 11.5 Å². The van der Waals surface area contributed by atoms with Crippen LogP contribution in [0.2, 0.25) is 0 Å². The molecule has 2 aromatic carbocycles. The molecule has 4 heteroatoms. The molecule has 0 atom stereocenters. The van der Waals surface area contributed by atoms with Gasteiger partial charge in [0.1, 0.15) is 17.3 Å². The predicted octanol–water partition coefficient (Wildman–Crippen LogP) is 3.45. The molecule has 1 saturated carbocycles. The first-order valence-electron chi connectivity index (χ1n) is 6.73. The van der Waals surface area contributed by atoms with Crippen molar-refractivity contribution in [1.82, 2.24) is 9.55 Å². The van der Waals surface area contributed by atoms with Crippen molar-refractivity contribution in [3.8, 4) is 22.9 Å². The molecule has 1 aliphatic carbocycles. The number of aromatic nitrogens is 2. The Kier molecular flexibility index (Phi) is 2.27. The van der Waals surface area contributed by atoms with Crippen molar-refractivity contribution in [3.63, 3.8) is 0 Å². The average Bonchev–Trinajstić information content (AvgIpc) is 3.21. The summed E-state index contributed by atoms with van der Waals surface area (Å²) in [5.41, 5.74) is 2.57. The summed E-state index contributed by atoms with van der Waals surface area (Å²) in [4.78, 5) is 4.64. The fraction of sp³-hybridized carbons (Fsp3) is 0.188. The number of hydrogen-bond acceptors (Lipinski definition) is 3. The van der Waals surface area contributed by atoms with Crippen molar-refractivity contribution in [2.45, 2.75) is 18.9 Å². The molecule has 1 aliphatic rings. The van der Waals surface area contributed by atoms with Gasteiger partial charge in [0, 0.05) is 6.04 Å². The van der Waals surface area contributed by atoms with Crippen LogP contribution in [-0.4, -0.2) is 19.8 Å². The van der Waals surface area contributed by atoms with Gasteiger partial charge in [-0.2, -0.15) is 0 Å². The number of imidazole rings is 1. The van der Waals surface area contributed by atoms with Crippen LogP contribution in [0.25, 0.3) is 22.4 Å². The minimum absolute atomic E-state index is 0.132. The van der Waals surface area contributed by atoms with E-state index >= 15 is 0 Å². The lowest BCUT2D eigenvalue weighted by Gasteiger charge is -2.09. The SMILES string of the molecule is Oc1ccc(O)c(-c2nc3ccccc3n2C2CC2)c1. The molecule has 1 heterocycles. The molecule has 1 fully saturated rings. The Bertz CT molecular complexity index is 803. The van der Waals surface area contributed by atoms with Crippen molar-refractivity contribution < 1.29 is 10.2 Å². The fourth-order valence-electron chi connectivity index (χ4n) is 2.64. The zero-order valence-electron chi connectivity index (χ0n) is 10.8. The molecule has 3 aromatic rings. The van der Waals surface area contributed by atoms with E-state index < -0.39 is 0 Å². The van der Waals surface area contributed by atoms with E-state index in [2.05, 4.69) is 9.55 Å². The monoisotopic (exact) mass is 266 g/mol. The molecule has 20 heavy (non-hydrogen) atoms. The van der Waals surface area contributed by atoms with Crippen molar-refractivity contribution in [2.75, 3.05) is 0 Å². The van der Waals surface area contributed by atoms with Crippen LogP contribution >= 0.6 is 0 Å². The molecule has 0 unspecified atom stereocenters. The quantitative estimate of drug-likeness (QED) is 0.698. The molecule has 0 aliphatic heterocycles. The van der Waals surface area contributed by atoms with E-state index in [1.165, 1.54) is 12.1 Å². The molecule has 0 saturated heterocycles. The molecular weight excluding hydrogens is 252 g/mol. The summed E-state index contributed by atoms with van der Waals surface area (Å²) < 4.78 is 2.17. The van der Waals surface area contributed by atoms with Gasteiger partial charge in [0.25, 0.3) is 0 Å². The van der Waals surface area contributed by atoms with Gasteiger partial charge in [0.05, 0.1) is 16.6 Å². The van der Waals surface area contributed by atoms with Gasteiger partial charge in [0.2, 0.25) is 0 Å². The van der Waals surface area contributed by atoms with Crippen molar-refractivity contribution in [2.24, 2.45) is 0 Å². The highest BCUT2D eigenvalue weighted by Crippen LogP contribution is 2.43. The van der Waals surface area contributed by atoms with Gasteiger partial charge in [0.15, 0.2) is 0 Å². The highest BCUT2D eigenvalue weighted by molar-refractivity contribution is 5.82. The predicted molar refractivity (Wildman–Crippen MR) is 76.8 cm³/mol. The molecule has 0 spiro atoms. The summed E-state index contributed by atoms with van der Waals surface area (Å²) in [5, 5.41) is 19.7. The maximum absolute atomic E-state index is 10.1. The lowest BCUT2D eigenvalue weighted by Crippen LogP contribution is -1.97. The van der Waals surface area contributed by atoms with Crippen molar-refractivity contribution in [1.29, 1.82) is 0 Å². The minimum Gasteiger partial charge on any atom is -0.508 e. The minimum atomic E-state index is 0.132. The average molecular weight is 266 g/mol. The second kappa shape index (κ2) is 4.00. The molecule has 2 N–H and O–H groups in total. The van der Waals surface area contributed by atoms with Gasteiger partial charge >= 0.3 is 0 Å². The van der Waals surface area contributed by atoms with Crippen LogP contribution in [0.1, 0.15) is 18.9 Å². The summed E-state index contributed by atoms with van der Waals surface area (Å²) >= 11 is 0. The first-order valence-corrected chi connectivity index (χ1v) is 6.73. The summed E-state index contributed by atoms with van der Waals surface area (Å²) in [7, 11) is 0. The Morgan fingerprint density at radius 1 is 1.05 bits per heavy atom. The van der Waals surface area contributed by atoms with Gasteiger partial charge in [-0.05, 0) is 43.2 Å². The largest absolute Gasteiger partial charge is 0.508 e. The van der Waals surface area contributed by atoms with Crippen LogP contribution in [0.15, 0.2) is 42.5 Å². The van der Waals surface area contributed by atoms with Crippen LogP contribution in [-0.2, 0) is 0 Å². The van der Waals surface area contributed by atoms with E-state index in [-0.39, 0.29) is 11.5 Å². The number of phenolic OH excluding ortho intramolecular Hbond substituents is 2. The van der Waals surface area contributed by atoms with E-state index in [4.69, 9.17) is 0 Å². The summed E-state index contributed by atoms with van der Waals surface area (Å²) in [6.07, 6.45) is 2.26. The number of rotatable bonds is 2. The number of benzene rings is 2. The number of nitrogens with zero attached hydrogens (tertiary/aromatic N) is 2. The second-order valence-electron chi connectivity index (χ2n) is 5.23. The molecule has 0 radical (unpaired) electrons. The number of fused-ring (bicyclic) bond motifs is 1. The van der Waals surface area contributed by atoms with E-state index in [1.54, 1.807) is 6.07 Å².